The predicted molar refractivity (Wildman–Crippen MR) is 119 cm³/mol. The molecule has 3 aliphatic rings. The number of hydrazone groups is 1. The van der Waals surface area contributed by atoms with Crippen molar-refractivity contribution in [2.24, 2.45) is 27.3 Å². The molecule has 4 atom stereocenters. The van der Waals surface area contributed by atoms with E-state index in [0.717, 1.165) is 18.4 Å². The molecule has 176 valence electrons. The van der Waals surface area contributed by atoms with Gasteiger partial charge in [-0.3, -0.25) is 0 Å². The van der Waals surface area contributed by atoms with Gasteiger partial charge in [-0.2, -0.15) is 18.3 Å². The van der Waals surface area contributed by atoms with Gasteiger partial charge in [0.05, 0.1) is 18.7 Å². The normalized spacial score (nSPS) is 31.7. The average Bonchev–Trinajstić information content (AvgIpc) is 3.28. The van der Waals surface area contributed by atoms with Gasteiger partial charge in [-0.15, -0.1) is 0 Å². The van der Waals surface area contributed by atoms with Crippen LogP contribution in [0.2, 0.25) is 0 Å². The lowest BCUT2D eigenvalue weighted by Gasteiger charge is -2.39. The predicted octanol–water partition coefficient (Wildman–Crippen LogP) is 6.34. The van der Waals surface area contributed by atoms with Crippen molar-refractivity contribution in [3.8, 4) is 0 Å². The molecule has 2 bridgehead atoms. The number of fused-ring (bicyclic) bond motifs is 2. The largest absolute Gasteiger partial charge is 0.389 e. The van der Waals surface area contributed by atoms with Gasteiger partial charge in [0.25, 0.3) is 0 Å². The fourth-order valence-corrected chi connectivity index (χ4v) is 6.42. The zero-order valence-corrected chi connectivity index (χ0v) is 19.6. The maximum absolute atomic E-state index is 13.3. The molecule has 0 spiro atoms. The third kappa shape index (κ3) is 3.81. The Kier molecular flexibility index (Phi) is 5.41. The Morgan fingerprint density at radius 2 is 1.84 bits per heavy atom. The van der Waals surface area contributed by atoms with Gasteiger partial charge in [0.1, 0.15) is 0 Å². The zero-order valence-electron chi connectivity index (χ0n) is 19.6. The van der Waals surface area contributed by atoms with Crippen LogP contribution in [0.4, 0.5) is 18.0 Å². The van der Waals surface area contributed by atoms with Gasteiger partial charge in [-0.05, 0) is 41.6 Å². The Morgan fingerprint density at radius 1 is 1.19 bits per heavy atom. The van der Waals surface area contributed by atoms with E-state index in [4.69, 9.17) is 0 Å². The maximum atomic E-state index is 13.3. The van der Waals surface area contributed by atoms with Crippen molar-refractivity contribution >= 4 is 11.7 Å². The first-order valence-electron chi connectivity index (χ1n) is 11.5. The molecule has 7 heteroatoms. The van der Waals surface area contributed by atoms with Gasteiger partial charge in [-0.1, -0.05) is 65.0 Å². The summed E-state index contributed by atoms with van der Waals surface area (Å²) in [4.78, 5) is 13.3. The first kappa shape index (κ1) is 23.1. The molecular formula is C25H34F3N3O. The van der Waals surface area contributed by atoms with Crippen LogP contribution in [0.5, 0.6) is 0 Å². The summed E-state index contributed by atoms with van der Waals surface area (Å²) in [6, 6.07) is 9.14. The van der Waals surface area contributed by atoms with Crippen LogP contribution in [-0.4, -0.2) is 35.5 Å². The quantitative estimate of drug-likeness (QED) is 0.572. The topological polar surface area (TPSA) is 44.7 Å². The van der Waals surface area contributed by atoms with Crippen molar-refractivity contribution in [3.63, 3.8) is 0 Å². The van der Waals surface area contributed by atoms with Gasteiger partial charge in [0.15, 0.2) is 0 Å². The summed E-state index contributed by atoms with van der Waals surface area (Å²) in [6.45, 7) is 10.2. The summed E-state index contributed by atoms with van der Waals surface area (Å²) in [5.74, 6) is 0.226. The Morgan fingerprint density at radius 3 is 2.38 bits per heavy atom. The fraction of sp³-hybridized carbons (Fsp3) is 0.680. The lowest BCUT2D eigenvalue weighted by molar-refractivity contribution is -0.147. The van der Waals surface area contributed by atoms with Gasteiger partial charge >= 0.3 is 12.2 Å². The summed E-state index contributed by atoms with van der Waals surface area (Å²) < 4.78 is 39.9. The first-order chi connectivity index (χ1) is 14.7. The second kappa shape index (κ2) is 7.49. The van der Waals surface area contributed by atoms with E-state index >= 15 is 0 Å². The Labute approximate surface area is 188 Å². The van der Waals surface area contributed by atoms with Crippen LogP contribution >= 0.6 is 0 Å². The number of nitrogens with zero attached hydrogens (tertiary/aromatic N) is 2. The molecule has 1 unspecified atom stereocenters. The van der Waals surface area contributed by atoms with E-state index in [0.29, 0.717) is 11.6 Å². The maximum Gasteiger partial charge on any atom is 0.389 e. The molecule has 1 aromatic carbocycles. The van der Waals surface area contributed by atoms with Crippen molar-refractivity contribution in [3.05, 3.63) is 35.9 Å². The number of nitrogens with one attached hydrogen (secondary N) is 1. The number of hydrogen-bond acceptors (Lipinski definition) is 2. The number of amides is 2. The van der Waals surface area contributed by atoms with Gasteiger partial charge in [0, 0.05) is 17.4 Å². The number of carbonyl (C=O) groups is 1. The molecule has 2 saturated carbocycles. The number of rotatable bonds is 4. The summed E-state index contributed by atoms with van der Waals surface area (Å²) in [5.41, 5.74) is 0.258. The van der Waals surface area contributed by atoms with Crippen LogP contribution in [0, 0.1) is 22.2 Å². The highest BCUT2D eigenvalue weighted by atomic mass is 19.4. The third-order valence-corrected chi connectivity index (χ3v) is 8.78. The van der Waals surface area contributed by atoms with Gasteiger partial charge in [-0.25, -0.2) is 9.80 Å². The standard InChI is InChI=1S/C25H34F3N3O/c1-22(2,15-25(26,27)28)20-18(16-9-7-6-8-10-16)14-31(30-20)21(32)29-19-13-17-11-12-24(19,5)23(17,3)4/h6-10,17-19H,11-15H2,1-5H3,(H,29,32)/t17-,18?,19-,24-/m0/s1. The smallest absolute Gasteiger partial charge is 0.333 e. The first-order valence-corrected chi connectivity index (χ1v) is 11.5. The van der Waals surface area contributed by atoms with E-state index in [2.05, 4.69) is 31.2 Å². The van der Waals surface area contributed by atoms with E-state index in [1.165, 1.54) is 11.4 Å². The summed E-state index contributed by atoms with van der Waals surface area (Å²) in [6.07, 6.45) is -2.08. The average molecular weight is 450 g/mol. The second-order valence-corrected chi connectivity index (χ2v) is 11.3. The van der Waals surface area contributed by atoms with E-state index < -0.39 is 18.0 Å². The highest BCUT2D eigenvalue weighted by Crippen LogP contribution is 2.65. The summed E-state index contributed by atoms with van der Waals surface area (Å²) in [5, 5.41) is 9.06. The molecule has 2 fully saturated rings. The molecule has 0 saturated heterocycles. The number of urea groups is 1. The van der Waals surface area contributed by atoms with Crippen LogP contribution in [0.15, 0.2) is 35.4 Å². The Balaban J connectivity index is 1.58. The number of benzene rings is 1. The third-order valence-electron chi connectivity index (χ3n) is 8.78. The van der Waals surface area contributed by atoms with Gasteiger partial charge in [0.2, 0.25) is 0 Å². The minimum atomic E-state index is -4.31. The highest BCUT2D eigenvalue weighted by Gasteiger charge is 2.61. The molecule has 1 N–H and O–H groups in total. The van der Waals surface area contributed by atoms with E-state index in [1.54, 1.807) is 13.8 Å². The van der Waals surface area contributed by atoms with Crippen LogP contribution in [0.3, 0.4) is 0 Å². The highest BCUT2D eigenvalue weighted by molar-refractivity contribution is 5.98. The molecule has 1 heterocycles. The molecule has 2 aliphatic carbocycles. The number of halogens is 3. The zero-order chi connectivity index (χ0) is 23.5. The van der Waals surface area contributed by atoms with Crippen LogP contribution in [0.1, 0.15) is 71.8 Å². The SMILES string of the molecule is CC(C)(CC(F)(F)F)C1=NN(C(=O)N[C@H]2C[C@@H]3CC[C@]2(C)C3(C)C)CC1c1ccccc1. The van der Waals surface area contributed by atoms with Crippen molar-refractivity contribution in [1.29, 1.82) is 0 Å². The van der Waals surface area contributed by atoms with Gasteiger partial charge < -0.3 is 5.32 Å². The van der Waals surface area contributed by atoms with E-state index in [-0.39, 0.29) is 35.4 Å². The molecule has 0 radical (unpaired) electrons. The lowest BCUT2D eigenvalue weighted by Crippen LogP contribution is -2.50. The molecule has 2 amide bonds. The molecule has 0 aromatic heterocycles. The van der Waals surface area contributed by atoms with Crippen molar-refractivity contribution < 1.29 is 18.0 Å². The van der Waals surface area contributed by atoms with E-state index in [1.807, 2.05) is 30.3 Å². The molecular weight excluding hydrogens is 415 g/mol. The molecule has 1 aliphatic heterocycles. The monoisotopic (exact) mass is 449 g/mol. The Bertz CT molecular complexity index is 909. The fourth-order valence-electron chi connectivity index (χ4n) is 6.42. The van der Waals surface area contributed by atoms with Crippen LogP contribution in [0.25, 0.3) is 0 Å². The molecule has 4 nitrogen and oxygen atoms in total. The van der Waals surface area contributed by atoms with E-state index in [9.17, 15) is 18.0 Å². The molecule has 1 aromatic rings. The molecule has 32 heavy (non-hydrogen) atoms. The summed E-state index contributed by atoms with van der Waals surface area (Å²) in [7, 11) is 0. The number of alkyl halides is 3. The summed E-state index contributed by atoms with van der Waals surface area (Å²) >= 11 is 0. The Hall–Kier alpha value is -2.05. The van der Waals surface area contributed by atoms with Crippen LogP contribution < -0.4 is 5.32 Å². The number of carbonyl (C=O) groups excluding carboxylic acids is 1. The minimum absolute atomic E-state index is 0.0218. The lowest BCUT2D eigenvalue weighted by atomic mass is 9.69. The van der Waals surface area contributed by atoms with Crippen molar-refractivity contribution in [1.82, 2.24) is 10.3 Å². The second-order valence-electron chi connectivity index (χ2n) is 11.3. The van der Waals surface area contributed by atoms with Crippen molar-refractivity contribution in [2.45, 2.75) is 78.4 Å². The number of hydrogen-bond donors (Lipinski definition) is 1. The minimum Gasteiger partial charge on any atom is -0.333 e. The van der Waals surface area contributed by atoms with Crippen molar-refractivity contribution in [2.75, 3.05) is 6.54 Å². The van der Waals surface area contributed by atoms with Crippen LogP contribution in [-0.2, 0) is 0 Å². The molecule has 4 rings (SSSR count).